The van der Waals surface area contributed by atoms with Crippen molar-refractivity contribution in [1.29, 1.82) is 0 Å². The van der Waals surface area contributed by atoms with E-state index in [9.17, 15) is 14.7 Å². The summed E-state index contributed by atoms with van der Waals surface area (Å²) in [5, 5.41) is 20.3. The highest BCUT2D eigenvalue weighted by Gasteiger charge is 2.24. The number of amides is 1. The van der Waals surface area contributed by atoms with Gasteiger partial charge in [0, 0.05) is 6.42 Å². The minimum absolute atomic E-state index is 0.310. The fourth-order valence-corrected chi connectivity index (χ4v) is 1.52. The fraction of sp³-hybridized carbons (Fsp3) is 0.833. The van der Waals surface area contributed by atoms with Crippen molar-refractivity contribution in [2.75, 3.05) is 0 Å². The lowest BCUT2D eigenvalue weighted by molar-refractivity contribution is -0.144. The van der Waals surface area contributed by atoms with Crippen LogP contribution < -0.4 is 5.32 Å². The predicted molar refractivity (Wildman–Crippen MR) is 64.6 cm³/mol. The van der Waals surface area contributed by atoms with E-state index in [2.05, 4.69) is 12.2 Å². The maximum atomic E-state index is 11.4. The Morgan fingerprint density at radius 3 is 2.24 bits per heavy atom. The maximum Gasteiger partial charge on any atom is 0.328 e. The first-order chi connectivity index (χ1) is 7.99. The van der Waals surface area contributed by atoms with Crippen molar-refractivity contribution in [3.05, 3.63) is 0 Å². The largest absolute Gasteiger partial charge is 0.480 e. The number of carbonyl (C=O) groups is 2. The Kier molecular flexibility index (Phi) is 8.40. The second-order valence-electron chi connectivity index (χ2n) is 4.29. The maximum absolute atomic E-state index is 11.4. The third kappa shape index (κ3) is 7.74. The van der Waals surface area contributed by atoms with Crippen LogP contribution in [0.2, 0.25) is 0 Å². The lowest BCUT2D eigenvalue weighted by Gasteiger charge is -2.16. The predicted octanol–water partition coefficient (Wildman–Crippen LogP) is 1.30. The molecule has 0 bridgehead atoms. The molecule has 0 aliphatic rings. The van der Waals surface area contributed by atoms with E-state index < -0.39 is 18.1 Å². The normalized spacial score (nSPS) is 14.1. The highest BCUT2D eigenvalue weighted by atomic mass is 16.4. The van der Waals surface area contributed by atoms with Crippen LogP contribution in [0.25, 0.3) is 0 Å². The van der Waals surface area contributed by atoms with Gasteiger partial charge in [-0.15, -0.1) is 0 Å². The first-order valence-electron chi connectivity index (χ1n) is 6.19. The molecule has 0 saturated carbocycles. The number of rotatable bonds is 9. The van der Waals surface area contributed by atoms with Gasteiger partial charge in [0.05, 0.1) is 6.10 Å². The van der Waals surface area contributed by atoms with Crippen LogP contribution in [0.1, 0.15) is 52.4 Å². The first kappa shape index (κ1) is 15.9. The average Bonchev–Trinajstić information content (AvgIpc) is 2.24. The first-order valence-corrected chi connectivity index (χ1v) is 6.19. The number of carboxylic acid groups (broad SMARTS) is 1. The summed E-state index contributed by atoms with van der Waals surface area (Å²) in [7, 11) is 0. The molecule has 3 N–H and O–H groups in total. The molecule has 5 heteroatoms. The van der Waals surface area contributed by atoms with Crippen LogP contribution >= 0.6 is 0 Å². The zero-order chi connectivity index (χ0) is 13.3. The zero-order valence-corrected chi connectivity index (χ0v) is 10.6. The van der Waals surface area contributed by atoms with Gasteiger partial charge in [0.1, 0.15) is 0 Å². The van der Waals surface area contributed by atoms with Crippen LogP contribution in [-0.2, 0) is 9.59 Å². The van der Waals surface area contributed by atoms with Crippen LogP contribution in [0.4, 0.5) is 0 Å². The van der Waals surface area contributed by atoms with E-state index in [-0.39, 0.29) is 5.91 Å². The topological polar surface area (TPSA) is 86.6 Å². The van der Waals surface area contributed by atoms with Crippen LogP contribution in [0.5, 0.6) is 0 Å². The number of carbonyl (C=O) groups excluding carboxylic acids is 1. The number of nitrogens with one attached hydrogen (secondary N) is 1. The molecule has 0 rings (SSSR count). The highest BCUT2D eigenvalue weighted by Crippen LogP contribution is 2.05. The molecule has 17 heavy (non-hydrogen) atoms. The van der Waals surface area contributed by atoms with E-state index >= 15 is 0 Å². The van der Waals surface area contributed by atoms with E-state index in [1.54, 1.807) is 0 Å². The van der Waals surface area contributed by atoms with E-state index in [0.717, 1.165) is 32.1 Å². The molecule has 0 saturated heterocycles. The fourth-order valence-electron chi connectivity index (χ4n) is 1.52. The van der Waals surface area contributed by atoms with E-state index in [1.165, 1.54) is 6.92 Å². The highest BCUT2D eigenvalue weighted by molar-refractivity contribution is 5.83. The minimum Gasteiger partial charge on any atom is -0.480 e. The number of aliphatic hydroxyl groups is 1. The van der Waals surface area contributed by atoms with Gasteiger partial charge in [0.2, 0.25) is 5.91 Å². The number of unbranched alkanes of at least 4 members (excludes halogenated alkanes) is 4. The Morgan fingerprint density at radius 1 is 1.18 bits per heavy atom. The number of carboxylic acids is 1. The molecular formula is C12H23NO4. The van der Waals surface area contributed by atoms with Crippen LogP contribution in [-0.4, -0.2) is 34.2 Å². The Balaban J connectivity index is 3.80. The number of hydrogen-bond donors (Lipinski definition) is 3. The van der Waals surface area contributed by atoms with Crippen molar-refractivity contribution in [3.63, 3.8) is 0 Å². The lowest BCUT2D eigenvalue weighted by Crippen LogP contribution is -2.47. The molecule has 2 atom stereocenters. The molecule has 1 amide bonds. The average molecular weight is 245 g/mol. The third-order valence-corrected chi connectivity index (χ3v) is 2.57. The summed E-state index contributed by atoms with van der Waals surface area (Å²) in [5.41, 5.74) is 0. The molecule has 2 unspecified atom stereocenters. The van der Waals surface area contributed by atoms with E-state index in [4.69, 9.17) is 5.11 Å². The number of aliphatic carboxylic acids is 1. The third-order valence-electron chi connectivity index (χ3n) is 2.57. The van der Waals surface area contributed by atoms with Gasteiger partial charge in [-0.05, 0) is 13.3 Å². The molecule has 0 heterocycles. The van der Waals surface area contributed by atoms with Crippen molar-refractivity contribution in [3.8, 4) is 0 Å². The molecule has 0 aromatic rings. The lowest BCUT2D eigenvalue weighted by atomic mass is 10.1. The molecular weight excluding hydrogens is 222 g/mol. The van der Waals surface area contributed by atoms with Crippen molar-refractivity contribution in [1.82, 2.24) is 5.32 Å². The van der Waals surface area contributed by atoms with Gasteiger partial charge in [-0.1, -0.05) is 32.6 Å². The quantitative estimate of drug-likeness (QED) is 0.534. The smallest absolute Gasteiger partial charge is 0.328 e. The Hall–Kier alpha value is -1.10. The summed E-state index contributed by atoms with van der Waals surface area (Å²) in [6.07, 6.45) is 4.38. The summed E-state index contributed by atoms with van der Waals surface area (Å²) in [4.78, 5) is 22.1. The van der Waals surface area contributed by atoms with Crippen molar-refractivity contribution >= 4 is 11.9 Å². The number of aliphatic hydroxyl groups excluding tert-OH is 1. The van der Waals surface area contributed by atoms with Crippen LogP contribution in [0.3, 0.4) is 0 Å². The van der Waals surface area contributed by atoms with Gasteiger partial charge >= 0.3 is 5.97 Å². The Morgan fingerprint density at radius 2 is 1.76 bits per heavy atom. The van der Waals surface area contributed by atoms with Crippen LogP contribution in [0, 0.1) is 0 Å². The van der Waals surface area contributed by atoms with Crippen molar-refractivity contribution in [2.24, 2.45) is 0 Å². The second-order valence-corrected chi connectivity index (χ2v) is 4.29. The molecule has 0 aliphatic carbocycles. The molecule has 0 aromatic carbocycles. The van der Waals surface area contributed by atoms with Crippen molar-refractivity contribution < 1.29 is 19.8 Å². The monoisotopic (exact) mass is 245 g/mol. The molecule has 0 radical (unpaired) electrons. The molecule has 0 spiro atoms. The van der Waals surface area contributed by atoms with Gasteiger partial charge in [0.15, 0.2) is 6.04 Å². The van der Waals surface area contributed by atoms with Gasteiger partial charge in [-0.25, -0.2) is 4.79 Å². The van der Waals surface area contributed by atoms with E-state index in [1.807, 2.05) is 0 Å². The molecule has 0 fully saturated rings. The van der Waals surface area contributed by atoms with Gasteiger partial charge in [-0.3, -0.25) is 4.79 Å². The Labute approximate surface area is 102 Å². The summed E-state index contributed by atoms with van der Waals surface area (Å²) in [5.74, 6) is -1.52. The number of hydrogen-bond acceptors (Lipinski definition) is 3. The second kappa shape index (κ2) is 8.98. The molecule has 5 nitrogen and oxygen atoms in total. The summed E-state index contributed by atoms with van der Waals surface area (Å²) in [6, 6.07) is -1.21. The SMILES string of the molecule is CCCCCCCC(=O)NC(C(=O)O)C(C)O. The summed E-state index contributed by atoms with van der Waals surface area (Å²) in [6.45, 7) is 3.47. The van der Waals surface area contributed by atoms with Crippen LogP contribution in [0.15, 0.2) is 0 Å². The Bertz CT molecular complexity index is 241. The van der Waals surface area contributed by atoms with E-state index in [0.29, 0.717) is 6.42 Å². The standard InChI is InChI=1S/C12H23NO4/c1-3-4-5-6-7-8-10(15)13-11(9(2)14)12(16)17/h9,11,14H,3-8H2,1-2H3,(H,13,15)(H,16,17). The van der Waals surface area contributed by atoms with Gasteiger partial charge in [0.25, 0.3) is 0 Å². The molecule has 0 aromatic heterocycles. The van der Waals surface area contributed by atoms with Gasteiger partial charge in [-0.2, -0.15) is 0 Å². The zero-order valence-electron chi connectivity index (χ0n) is 10.6. The summed E-state index contributed by atoms with van der Waals surface area (Å²) < 4.78 is 0. The summed E-state index contributed by atoms with van der Waals surface area (Å²) >= 11 is 0. The molecule has 100 valence electrons. The van der Waals surface area contributed by atoms with Gasteiger partial charge < -0.3 is 15.5 Å². The minimum atomic E-state index is -1.21. The molecule has 0 aliphatic heterocycles. The van der Waals surface area contributed by atoms with Crippen molar-refractivity contribution in [2.45, 2.75) is 64.5 Å².